The standard InChI is InChI=1S/C18H34N4O4/c1-18(2,3)15(17(25)20(4)5)19-16(24)14(12-22(26)13-23)11-21-9-7-6-8-10-21/h13-15,26H,6-12H2,1-5H3,(H,19,24)/t14?,15-/m1/s1. The van der Waals surface area contributed by atoms with Gasteiger partial charge in [-0.2, -0.15) is 0 Å². The molecule has 1 fully saturated rings. The Kier molecular flexibility index (Phi) is 8.49. The second-order valence-corrected chi connectivity index (χ2v) is 8.33. The Morgan fingerprint density at radius 3 is 2.23 bits per heavy atom. The van der Waals surface area contributed by atoms with Crippen molar-refractivity contribution in [2.24, 2.45) is 11.3 Å². The van der Waals surface area contributed by atoms with E-state index in [-0.39, 0.29) is 18.4 Å². The third-order valence-electron chi connectivity index (χ3n) is 4.67. The number of amides is 3. The van der Waals surface area contributed by atoms with Crippen LogP contribution in [0.25, 0.3) is 0 Å². The maximum atomic E-state index is 12.9. The summed E-state index contributed by atoms with van der Waals surface area (Å²) >= 11 is 0. The van der Waals surface area contributed by atoms with E-state index in [9.17, 15) is 19.6 Å². The van der Waals surface area contributed by atoms with Crippen LogP contribution in [0.3, 0.4) is 0 Å². The lowest BCUT2D eigenvalue weighted by atomic mass is 9.85. The van der Waals surface area contributed by atoms with Crippen molar-refractivity contribution in [1.82, 2.24) is 20.2 Å². The van der Waals surface area contributed by atoms with Crippen molar-refractivity contribution in [2.45, 2.75) is 46.1 Å². The summed E-state index contributed by atoms with van der Waals surface area (Å²) in [5.74, 6) is -1.12. The molecule has 150 valence electrons. The minimum absolute atomic E-state index is 0.0984. The van der Waals surface area contributed by atoms with Crippen molar-refractivity contribution in [3.8, 4) is 0 Å². The Labute approximate surface area is 156 Å². The molecule has 3 amide bonds. The lowest BCUT2D eigenvalue weighted by molar-refractivity contribution is -0.156. The summed E-state index contributed by atoms with van der Waals surface area (Å²) in [6.45, 7) is 7.82. The van der Waals surface area contributed by atoms with Crippen molar-refractivity contribution in [3.63, 3.8) is 0 Å². The minimum atomic E-state index is -0.683. The van der Waals surface area contributed by atoms with Gasteiger partial charge in [-0.3, -0.25) is 19.6 Å². The SMILES string of the molecule is CN(C)C(=O)[C@@H](NC(=O)C(CN(O)C=O)CN1CCCCC1)C(C)(C)C. The van der Waals surface area contributed by atoms with Crippen LogP contribution >= 0.6 is 0 Å². The number of nitrogens with zero attached hydrogens (tertiary/aromatic N) is 3. The van der Waals surface area contributed by atoms with E-state index in [1.165, 1.54) is 11.3 Å². The van der Waals surface area contributed by atoms with Gasteiger partial charge in [0.2, 0.25) is 18.2 Å². The first-order valence-electron chi connectivity index (χ1n) is 9.21. The molecule has 0 aromatic carbocycles. The van der Waals surface area contributed by atoms with Gasteiger partial charge in [0.15, 0.2) is 0 Å². The van der Waals surface area contributed by atoms with Gasteiger partial charge < -0.3 is 15.1 Å². The van der Waals surface area contributed by atoms with E-state index >= 15 is 0 Å². The van der Waals surface area contributed by atoms with E-state index < -0.39 is 17.4 Å². The molecule has 8 nitrogen and oxygen atoms in total. The number of nitrogens with one attached hydrogen (secondary N) is 1. The van der Waals surface area contributed by atoms with E-state index in [1.807, 2.05) is 20.8 Å². The monoisotopic (exact) mass is 370 g/mol. The molecule has 0 bridgehead atoms. The van der Waals surface area contributed by atoms with Crippen LogP contribution in [0.4, 0.5) is 0 Å². The molecular formula is C18H34N4O4. The highest BCUT2D eigenvalue weighted by Crippen LogP contribution is 2.21. The smallest absolute Gasteiger partial charge is 0.245 e. The molecule has 1 heterocycles. The van der Waals surface area contributed by atoms with Crippen molar-refractivity contribution in [1.29, 1.82) is 0 Å². The van der Waals surface area contributed by atoms with Crippen LogP contribution in [0, 0.1) is 11.3 Å². The van der Waals surface area contributed by atoms with Gasteiger partial charge >= 0.3 is 0 Å². The minimum Gasteiger partial charge on any atom is -0.347 e. The molecule has 2 N–H and O–H groups in total. The molecule has 0 radical (unpaired) electrons. The van der Waals surface area contributed by atoms with Gasteiger partial charge in [-0.25, -0.2) is 5.06 Å². The topological polar surface area (TPSA) is 93.2 Å². The lowest BCUT2D eigenvalue weighted by Crippen LogP contribution is -2.56. The van der Waals surface area contributed by atoms with E-state index in [0.29, 0.717) is 18.0 Å². The quantitative estimate of drug-likeness (QED) is 0.370. The summed E-state index contributed by atoms with van der Waals surface area (Å²) in [6.07, 6.45) is 3.63. The predicted octanol–water partition coefficient (Wildman–Crippen LogP) is 0.555. The molecule has 1 rings (SSSR count). The largest absolute Gasteiger partial charge is 0.347 e. The van der Waals surface area contributed by atoms with Crippen LogP contribution in [0.2, 0.25) is 0 Å². The Hall–Kier alpha value is -1.67. The van der Waals surface area contributed by atoms with E-state index in [2.05, 4.69) is 10.2 Å². The third kappa shape index (κ3) is 6.92. The fourth-order valence-electron chi connectivity index (χ4n) is 3.11. The van der Waals surface area contributed by atoms with Crippen molar-refractivity contribution < 1.29 is 19.6 Å². The first kappa shape index (κ1) is 22.4. The Morgan fingerprint density at radius 2 is 1.77 bits per heavy atom. The Balaban J connectivity index is 2.89. The normalized spacial score (nSPS) is 17.9. The van der Waals surface area contributed by atoms with Crippen molar-refractivity contribution in [3.05, 3.63) is 0 Å². The molecular weight excluding hydrogens is 336 g/mol. The first-order valence-corrected chi connectivity index (χ1v) is 9.21. The van der Waals surface area contributed by atoms with Crippen LogP contribution in [0.1, 0.15) is 40.0 Å². The molecule has 1 aliphatic rings. The highest BCUT2D eigenvalue weighted by molar-refractivity contribution is 5.89. The average molecular weight is 370 g/mol. The molecule has 1 unspecified atom stereocenters. The zero-order chi connectivity index (χ0) is 19.9. The van der Waals surface area contributed by atoms with Gasteiger partial charge in [0.05, 0.1) is 12.5 Å². The van der Waals surface area contributed by atoms with Crippen LogP contribution in [-0.4, -0.2) is 84.6 Å². The average Bonchev–Trinajstić information content (AvgIpc) is 2.57. The van der Waals surface area contributed by atoms with Crippen LogP contribution in [-0.2, 0) is 14.4 Å². The van der Waals surface area contributed by atoms with Gasteiger partial charge in [0.1, 0.15) is 6.04 Å². The fraction of sp³-hybridized carbons (Fsp3) is 0.833. The number of piperidine rings is 1. The molecule has 1 aliphatic heterocycles. The van der Waals surface area contributed by atoms with Gasteiger partial charge in [-0.15, -0.1) is 0 Å². The Bertz CT molecular complexity index is 484. The zero-order valence-electron chi connectivity index (χ0n) is 16.7. The number of likely N-dealkylation sites (tertiary alicyclic amines) is 1. The number of rotatable bonds is 8. The van der Waals surface area contributed by atoms with Gasteiger partial charge in [-0.1, -0.05) is 27.2 Å². The van der Waals surface area contributed by atoms with E-state index in [0.717, 1.165) is 25.9 Å². The van der Waals surface area contributed by atoms with Gasteiger partial charge in [-0.05, 0) is 31.3 Å². The number of likely N-dealkylation sites (N-methyl/N-ethyl adjacent to an activating group) is 1. The number of hydrogen-bond donors (Lipinski definition) is 2. The number of carbonyl (C=O) groups excluding carboxylic acids is 3. The van der Waals surface area contributed by atoms with E-state index in [4.69, 9.17) is 0 Å². The summed E-state index contributed by atoms with van der Waals surface area (Å²) in [4.78, 5) is 39.8. The van der Waals surface area contributed by atoms with E-state index in [1.54, 1.807) is 14.1 Å². The number of hydroxylamine groups is 2. The molecule has 0 spiro atoms. The zero-order valence-corrected chi connectivity index (χ0v) is 16.7. The highest BCUT2D eigenvalue weighted by atomic mass is 16.5. The van der Waals surface area contributed by atoms with Crippen molar-refractivity contribution in [2.75, 3.05) is 40.3 Å². The maximum absolute atomic E-state index is 12.9. The second-order valence-electron chi connectivity index (χ2n) is 8.33. The molecule has 1 saturated heterocycles. The summed E-state index contributed by atoms with van der Waals surface area (Å²) in [7, 11) is 3.31. The maximum Gasteiger partial charge on any atom is 0.245 e. The second kappa shape index (κ2) is 9.87. The van der Waals surface area contributed by atoms with Crippen LogP contribution in [0.5, 0.6) is 0 Å². The number of hydrogen-bond acceptors (Lipinski definition) is 5. The molecule has 0 saturated carbocycles. The third-order valence-corrected chi connectivity index (χ3v) is 4.67. The Morgan fingerprint density at radius 1 is 1.19 bits per heavy atom. The van der Waals surface area contributed by atoms with Crippen LogP contribution < -0.4 is 5.32 Å². The summed E-state index contributed by atoms with van der Waals surface area (Å²) in [5.41, 5.74) is -0.462. The van der Waals surface area contributed by atoms with Crippen LogP contribution in [0.15, 0.2) is 0 Å². The number of carbonyl (C=O) groups is 3. The lowest BCUT2D eigenvalue weighted by Gasteiger charge is -2.35. The summed E-state index contributed by atoms with van der Waals surface area (Å²) in [6, 6.07) is -0.683. The fourth-order valence-corrected chi connectivity index (χ4v) is 3.11. The van der Waals surface area contributed by atoms with Crippen molar-refractivity contribution >= 4 is 18.2 Å². The first-order chi connectivity index (χ1) is 12.1. The molecule has 8 heteroatoms. The summed E-state index contributed by atoms with van der Waals surface area (Å²) in [5, 5.41) is 12.9. The van der Waals surface area contributed by atoms with Gasteiger partial charge in [0.25, 0.3) is 0 Å². The molecule has 2 atom stereocenters. The molecule has 0 aromatic heterocycles. The molecule has 26 heavy (non-hydrogen) atoms. The predicted molar refractivity (Wildman–Crippen MR) is 98.4 cm³/mol. The summed E-state index contributed by atoms with van der Waals surface area (Å²) < 4.78 is 0. The molecule has 0 aromatic rings. The highest BCUT2D eigenvalue weighted by Gasteiger charge is 2.36. The molecule has 0 aliphatic carbocycles. The van der Waals surface area contributed by atoms with Gasteiger partial charge in [0, 0.05) is 20.6 Å².